The molecule has 1 N–H and O–H groups in total. The van der Waals surface area contributed by atoms with E-state index >= 15 is 0 Å². The minimum Gasteiger partial charge on any atom is -0.494 e. The van der Waals surface area contributed by atoms with Crippen LogP contribution < -0.4 is 10.1 Å². The predicted octanol–water partition coefficient (Wildman–Crippen LogP) is 3.51. The van der Waals surface area contributed by atoms with Crippen LogP contribution in [0.4, 0.5) is 5.69 Å². The maximum absolute atomic E-state index is 12.7. The smallest absolute Gasteiger partial charge is 0.306 e. The quantitative estimate of drug-likeness (QED) is 0.418. The van der Waals surface area contributed by atoms with E-state index in [0.29, 0.717) is 31.8 Å². The summed E-state index contributed by atoms with van der Waals surface area (Å²) in [4.78, 5) is 24.1. The molecule has 1 amide bonds. The molecule has 0 radical (unpaired) electrons. The molecule has 0 bridgehead atoms. The van der Waals surface area contributed by atoms with E-state index in [1.165, 1.54) is 28.6 Å². The molecule has 9 heteroatoms. The van der Waals surface area contributed by atoms with Crippen molar-refractivity contribution in [3.05, 3.63) is 54.1 Å². The fraction of sp³-hybridized carbons (Fsp3) is 0.417. The number of hydrogen-bond acceptors (Lipinski definition) is 6. The maximum Gasteiger partial charge on any atom is 0.306 e. The first kappa shape index (κ1) is 24.7. The number of carbonyl (C=O) groups excluding carboxylic acids is 2. The Morgan fingerprint density at radius 1 is 1.03 bits per heavy atom. The molecule has 1 aliphatic heterocycles. The number of amides is 1. The van der Waals surface area contributed by atoms with Crippen LogP contribution >= 0.6 is 0 Å². The van der Waals surface area contributed by atoms with Crippen LogP contribution in [0.25, 0.3) is 0 Å². The van der Waals surface area contributed by atoms with Crippen molar-refractivity contribution >= 4 is 27.6 Å². The number of piperidine rings is 1. The highest BCUT2D eigenvalue weighted by Gasteiger charge is 2.25. The second-order valence-electron chi connectivity index (χ2n) is 7.97. The van der Waals surface area contributed by atoms with Crippen molar-refractivity contribution in [3.63, 3.8) is 0 Å². The Morgan fingerprint density at radius 3 is 2.45 bits per heavy atom. The monoisotopic (exact) mass is 474 g/mol. The summed E-state index contributed by atoms with van der Waals surface area (Å²) in [6.07, 6.45) is 3.39. The Bertz CT molecular complexity index is 1050. The molecule has 0 saturated carbocycles. The molecule has 2 aromatic carbocycles. The fourth-order valence-corrected chi connectivity index (χ4v) is 5.01. The van der Waals surface area contributed by atoms with Crippen LogP contribution in [0.2, 0.25) is 0 Å². The summed E-state index contributed by atoms with van der Waals surface area (Å²) < 4.78 is 37.4. The van der Waals surface area contributed by atoms with Crippen LogP contribution in [-0.4, -0.2) is 50.9 Å². The van der Waals surface area contributed by atoms with E-state index in [0.717, 1.165) is 30.6 Å². The molecular weight excluding hydrogens is 444 g/mol. The van der Waals surface area contributed by atoms with Crippen LogP contribution in [0.3, 0.4) is 0 Å². The molecule has 0 aromatic heterocycles. The lowest BCUT2D eigenvalue weighted by Gasteiger charge is -2.25. The standard InChI is InChI=1S/C24H30N2O6S/c1-19-7-5-8-21(17-19)31-16-6-9-24(28)32-18-23(27)25-20-10-12-22(13-11-20)33(29,30)26-14-3-2-4-15-26/h5,7-8,10-13,17H,2-4,6,9,14-16,18H2,1H3,(H,25,27). The van der Waals surface area contributed by atoms with Crippen molar-refractivity contribution in [1.82, 2.24) is 4.31 Å². The van der Waals surface area contributed by atoms with Crippen molar-refractivity contribution in [1.29, 1.82) is 0 Å². The minimum absolute atomic E-state index is 0.141. The van der Waals surface area contributed by atoms with Gasteiger partial charge in [-0.15, -0.1) is 0 Å². The van der Waals surface area contributed by atoms with Crippen molar-refractivity contribution in [2.45, 2.75) is 43.9 Å². The third-order valence-corrected chi connectivity index (χ3v) is 7.15. The van der Waals surface area contributed by atoms with Crippen LogP contribution in [-0.2, 0) is 24.3 Å². The largest absolute Gasteiger partial charge is 0.494 e. The molecule has 0 aliphatic carbocycles. The molecule has 1 heterocycles. The zero-order valence-electron chi connectivity index (χ0n) is 18.8. The summed E-state index contributed by atoms with van der Waals surface area (Å²) in [6.45, 7) is 3.00. The van der Waals surface area contributed by atoms with Gasteiger partial charge in [0.05, 0.1) is 11.5 Å². The highest BCUT2D eigenvalue weighted by atomic mass is 32.2. The highest BCUT2D eigenvalue weighted by molar-refractivity contribution is 7.89. The van der Waals surface area contributed by atoms with E-state index in [2.05, 4.69) is 5.32 Å². The van der Waals surface area contributed by atoms with E-state index in [1.54, 1.807) is 0 Å². The Hall–Kier alpha value is -2.91. The number of carbonyl (C=O) groups is 2. The number of rotatable bonds is 10. The summed E-state index contributed by atoms with van der Waals surface area (Å²) in [5.74, 6) is -0.232. The first-order valence-corrected chi connectivity index (χ1v) is 12.5. The topological polar surface area (TPSA) is 102 Å². The molecule has 1 aliphatic rings. The SMILES string of the molecule is Cc1cccc(OCCCC(=O)OCC(=O)Nc2ccc(S(=O)(=O)N3CCCCC3)cc2)c1. The molecule has 1 saturated heterocycles. The molecule has 0 unspecified atom stereocenters. The van der Waals surface area contributed by atoms with Gasteiger partial charge in [-0.2, -0.15) is 4.31 Å². The Morgan fingerprint density at radius 2 is 1.76 bits per heavy atom. The summed E-state index contributed by atoms with van der Waals surface area (Å²) in [7, 11) is -3.52. The first-order valence-electron chi connectivity index (χ1n) is 11.1. The molecule has 0 atom stereocenters. The van der Waals surface area contributed by atoms with Crippen LogP contribution in [0.15, 0.2) is 53.4 Å². The zero-order chi connectivity index (χ0) is 23.7. The van der Waals surface area contributed by atoms with Gasteiger partial charge in [-0.3, -0.25) is 9.59 Å². The maximum atomic E-state index is 12.7. The number of anilines is 1. The molecule has 1 fully saturated rings. The minimum atomic E-state index is -3.52. The van der Waals surface area contributed by atoms with E-state index < -0.39 is 28.5 Å². The zero-order valence-corrected chi connectivity index (χ0v) is 19.6. The van der Waals surface area contributed by atoms with Gasteiger partial charge >= 0.3 is 5.97 Å². The van der Waals surface area contributed by atoms with Gasteiger partial charge in [0.2, 0.25) is 10.0 Å². The summed E-state index contributed by atoms with van der Waals surface area (Å²) in [5.41, 5.74) is 1.52. The molecule has 2 aromatic rings. The number of benzene rings is 2. The molecule has 0 spiro atoms. The molecule has 33 heavy (non-hydrogen) atoms. The van der Waals surface area contributed by atoms with Crippen molar-refractivity contribution < 1.29 is 27.5 Å². The lowest BCUT2D eigenvalue weighted by molar-refractivity contribution is -0.147. The lowest BCUT2D eigenvalue weighted by Crippen LogP contribution is -2.35. The fourth-order valence-electron chi connectivity index (χ4n) is 3.49. The van der Waals surface area contributed by atoms with Crippen molar-refractivity contribution in [2.75, 3.05) is 31.6 Å². The van der Waals surface area contributed by atoms with Gasteiger partial charge in [-0.1, -0.05) is 18.6 Å². The third kappa shape index (κ3) is 7.57. The van der Waals surface area contributed by atoms with Gasteiger partial charge in [-0.05, 0) is 68.1 Å². The van der Waals surface area contributed by atoms with Gasteiger partial charge in [0.15, 0.2) is 6.61 Å². The summed E-state index contributed by atoms with van der Waals surface area (Å²) in [5, 5.41) is 2.60. The van der Waals surface area contributed by atoms with Gasteiger partial charge < -0.3 is 14.8 Å². The summed E-state index contributed by atoms with van der Waals surface area (Å²) in [6, 6.07) is 13.6. The second kappa shape index (κ2) is 11.8. The van der Waals surface area contributed by atoms with Gasteiger partial charge in [0, 0.05) is 25.2 Å². The number of esters is 1. The lowest BCUT2D eigenvalue weighted by atomic mass is 10.2. The number of nitrogens with zero attached hydrogens (tertiary/aromatic N) is 1. The first-order chi connectivity index (χ1) is 15.8. The third-order valence-electron chi connectivity index (χ3n) is 5.24. The van der Waals surface area contributed by atoms with E-state index in [-0.39, 0.29) is 11.3 Å². The van der Waals surface area contributed by atoms with Gasteiger partial charge in [0.1, 0.15) is 5.75 Å². The summed E-state index contributed by atoms with van der Waals surface area (Å²) >= 11 is 0. The van der Waals surface area contributed by atoms with Crippen molar-refractivity contribution in [3.8, 4) is 5.75 Å². The normalized spacial score (nSPS) is 14.5. The Labute approximate surface area is 194 Å². The number of sulfonamides is 1. The Kier molecular flexibility index (Phi) is 8.85. The predicted molar refractivity (Wildman–Crippen MR) is 125 cm³/mol. The molecule has 8 nitrogen and oxygen atoms in total. The number of aryl methyl sites for hydroxylation is 1. The van der Waals surface area contributed by atoms with Crippen LogP contribution in [0, 0.1) is 6.92 Å². The molecular formula is C24H30N2O6S. The van der Waals surface area contributed by atoms with E-state index in [9.17, 15) is 18.0 Å². The average molecular weight is 475 g/mol. The molecule has 178 valence electrons. The highest BCUT2D eigenvalue weighted by Crippen LogP contribution is 2.22. The average Bonchev–Trinajstić information content (AvgIpc) is 2.81. The van der Waals surface area contributed by atoms with Crippen LogP contribution in [0.1, 0.15) is 37.7 Å². The number of hydrogen-bond donors (Lipinski definition) is 1. The van der Waals surface area contributed by atoms with Gasteiger partial charge in [0.25, 0.3) is 5.91 Å². The van der Waals surface area contributed by atoms with Crippen molar-refractivity contribution in [2.24, 2.45) is 0 Å². The molecule has 3 rings (SSSR count). The Balaban J connectivity index is 1.37. The van der Waals surface area contributed by atoms with Crippen LogP contribution in [0.5, 0.6) is 5.75 Å². The second-order valence-corrected chi connectivity index (χ2v) is 9.90. The number of ether oxygens (including phenoxy) is 2. The van der Waals surface area contributed by atoms with Gasteiger partial charge in [-0.25, -0.2) is 8.42 Å². The van der Waals surface area contributed by atoms with E-state index in [4.69, 9.17) is 9.47 Å². The number of nitrogens with one attached hydrogen (secondary N) is 1. The van der Waals surface area contributed by atoms with E-state index in [1.807, 2.05) is 31.2 Å².